The van der Waals surface area contributed by atoms with E-state index in [-0.39, 0.29) is 0 Å². The lowest BCUT2D eigenvalue weighted by molar-refractivity contribution is 0.475. The van der Waals surface area contributed by atoms with Crippen molar-refractivity contribution in [3.05, 3.63) is 11.1 Å². The molecule has 0 radical (unpaired) electrons. The van der Waals surface area contributed by atoms with Crippen molar-refractivity contribution in [2.75, 3.05) is 60.3 Å². The highest BCUT2D eigenvalue weighted by Gasteiger charge is 2.29. The van der Waals surface area contributed by atoms with Crippen LogP contribution in [0, 0.1) is 0 Å². The van der Waals surface area contributed by atoms with Gasteiger partial charge in [-0.3, -0.25) is 14.0 Å². The van der Waals surface area contributed by atoms with Crippen LogP contribution in [-0.4, -0.2) is 79.4 Å². The third-order valence-electron chi connectivity index (χ3n) is 3.57. The molecule has 1 aromatic heterocycles. The van der Waals surface area contributed by atoms with E-state index in [0.29, 0.717) is 4.99 Å². The molecule has 0 unspecified atom stereocenters. The maximum Gasteiger partial charge on any atom is 0.185 e. The molecule has 132 valence electrons. The average Bonchev–Trinajstić information content (AvgIpc) is 2.94. The largest absolute Gasteiger partial charge is 0.349 e. The number of anilines is 1. The van der Waals surface area contributed by atoms with E-state index in [0.717, 1.165) is 23.1 Å². The zero-order valence-electron chi connectivity index (χ0n) is 15.4. The molecule has 0 aliphatic carbocycles. The minimum atomic E-state index is -2.01. The normalized spacial score (nSPS) is 12.3. The summed E-state index contributed by atoms with van der Waals surface area (Å²) >= 11 is 7.25. The molecular formula is C14H29N6PS2. The van der Waals surface area contributed by atoms with Crippen LogP contribution in [0.3, 0.4) is 0 Å². The number of thiocarbonyl (C=S) groups is 1. The monoisotopic (exact) mass is 376 g/mol. The molecule has 0 bridgehead atoms. The van der Waals surface area contributed by atoms with Gasteiger partial charge < -0.3 is 4.90 Å². The Hall–Kier alpha value is -0.370. The van der Waals surface area contributed by atoms with Gasteiger partial charge in [0.2, 0.25) is 0 Å². The van der Waals surface area contributed by atoms with Gasteiger partial charge in [-0.25, -0.2) is 9.73 Å². The molecule has 0 spiro atoms. The summed E-state index contributed by atoms with van der Waals surface area (Å²) in [4.78, 5) is 8.32. The molecule has 9 heteroatoms. The molecular weight excluding hydrogens is 347 g/mol. The first kappa shape index (κ1) is 20.7. The number of aromatic nitrogens is 1. The van der Waals surface area contributed by atoms with Gasteiger partial charge in [-0.2, -0.15) is 0 Å². The van der Waals surface area contributed by atoms with Crippen LogP contribution in [0.4, 0.5) is 5.13 Å². The quantitative estimate of drug-likeness (QED) is 0.537. The van der Waals surface area contributed by atoms with E-state index in [1.54, 1.807) is 11.3 Å². The summed E-state index contributed by atoms with van der Waals surface area (Å²) in [6.45, 7) is 6.15. The lowest BCUT2D eigenvalue weighted by Gasteiger charge is -2.40. The third-order valence-corrected chi connectivity index (χ3v) is 8.90. The zero-order valence-corrected chi connectivity index (χ0v) is 18.0. The van der Waals surface area contributed by atoms with Crippen molar-refractivity contribution >= 4 is 41.2 Å². The first-order valence-corrected chi connectivity index (χ1v) is 10.4. The van der Waals surface area contributed by atoms with Gasteiger partial charge in [0, 0.05) is 13.1 Å². The Morgan fingerprint density at radius 1 is 1.09 bits per heavy atom. The first-order valence-electron chi connectivity index (χ1n) is 7.61. The van der Waals surface area contributed by atoms with Crippen LogP contribution < -0.4 is 4.90 Å². The molecule has 0 atom stereocenters. The van der Waals surface area contributed by atoms with E-state index >= 15 is 0 Å². The summed E-state index contributed by atoms with van der Waals surface area (Å²) in [6, 6.07) is 0. The van der Waals surface area contributed by atoms with Gasteiger partial charge >= 0.3 is 0 Å². The van der Waals surface area contributed by atoms with Crippen molar-refractivity contribution < 1.29 is 0 Å². The highest BCUT2D eigenvalue weighted by atomic mass is 32.1. The minimum absolute atomic E-state index is 0.630. The van der Waals surface area contributed by atoms with Crippen molar-refractivity contribution in [1.82, 2.24) is 19.0 Å². The van der Waals surface area contributed by atoms with Crippen LogP contribution in [0.15, 0.2) is 10.9 Å². The third kappa shape index (κ3) is 4.38. The summed E-state index contributed by atoms with van der Waals surface area (Å²) < 4.78 is 11.4. The number of rotatable bonds is 7. The van der Waals surface area contributed by atoms with E-state index in [9.17, 15) is 0 Å². The van der Waals surface area contributed by atoms with Gasteiger partial charge in [-0.15, -0.1) is 0 Å². The molecule has 0 aromatic carbocycles. The van der Waals surface area contributed by atoms with Crippen molar-refractivity contribution in [3.8, 4) is 0 Å². The van der Waals surface area contributed by atoms with Crippen molar-refractivity contribution in [3.63, 3.8) is 0 Å². The van der Waals surface area contributed by atoms with Crippen LogP contribution in [0.5, 0.6) is 0 Å². The zero-order chi connectivity index (χ0) is 17.8. The van der Waals surface area contributed by atoms with Crippen LogP contribution in [-0.2, 0) is 0 Å². The van der Waals surface area contributed by atoms with Gasteiger partial charge in [0.25, 0.3) is 0 Å². The molecule has 0 fully saturated rings. The molecule has 0 amide bonds. The molecule has 6 nitrogen and oxygen atoms in total. The molecule has 0 N–H and O–H groups in total. The van der Waals surface area contributed by atoms with Crippen LogP contribution >= 0.6 is 31.1 Å². The lowest BCUT2D eigenvalue weighted by Crippen LogP contribution is -2.31. The lowest BCUT2D eigenvalue weighted by atomic mass is 10.5. The van der Waals surface area contributed by atoms with Crippen molar-refractivity contribution in [2.45, 2.75) is 13.8 Å². The summed E-state index contributed by atoms with van der Waals surface area (Å²) in [6.07, 6.45) is 1.85. The van der Waals surface area contributed by atoms with Crippen LogP contribution in [0.25, 0.3) is 0 Å². The Balaban J connectivity index is 3.26. The van der Waals surface area contributed by atoms with E-state index in [2.05, 4.69) is 37.7 Å². The average molecular weight is 377 g/mol. The Labute approximate surface area is 150 Å². The Morgan fingerprint density at radius 2 is 1.57 bits per heavy atom. The molecule has 0 saturated heterocycles. The SMILES string of the molecule is CCN(CC)c1ncc(C(=S)N=P(N(C)C)(N(C)C)N(C)C)s1. The summed E-state index contributed by atoms with van der Waals surface area (Å²) in [5, 5.41) is 1.01. The van der Waals surface area contributed by atoms with Crippen LogP contribution in [0.2, 0.25) is 0 Å². The molecule has 23 heavy (non-hydrogen) atoms. The number of hydrogen-bond donors (Lipinski definition) is 0. The fourth-order valence-electron chi connectivity index (χ4n) is 2.52. The standard InChI is InChI=1S/C14H29N6PS2/c1-9-20(10-2)14-15-11-12(23-14)13(22)16-21(17(3)4,18(5)6)19(7)8/h11H,9-10H2,1-8H3. The number of thiazole rings is 1. The predicted octanol–water partition coefficient (Wildman–Crippen LogP) is 3.30. The second-order valence-corrected chi connectivity index (χ2v) is 10.7. The molecule has 0 saturated carbocycles. The van der Waals surface area contributed by atoms with Crippen LogP contribution in [0.1, 0.15) is 18.7 Å². The second-order valence-electron chi connectivity index (χ2n) is 5.66. The highest BCUT2D eigenvalue weighted by molar-refractivity contribution is 7.81. The predicted molar refractivity (Wildman–Crippen MR) is 108 cm³/mol. The van der Waals surface area contributed by atoms with Crippen molar-refractivity contribution in [1.29, 1.82) is 0 Å². The molecule has 0 aliphatic heterocycles. The van der Waals surface area contributed by atoms with E-state index < -0.39 is 7.51 Å². The Morgan fingerprint density at radius 3 is 1.96 bits per heavy atom. The first-order chi connectivity index (χ1) is 10.7. The van der Waals surface area contributed by atoms with Crippen molar-refractivity contribution in [2.24, 2.45) is 4.74 Å². The summed E-state index contributed by atoms with van der Waals surface area (Å²) in [5.41, 5.74) is 0. The summed E-state index contributed by atoms with van der Waals surface area (Å²) in [5.74, 6) is 0. The maximum absolute atomic E-state index is 5.63. The van der Waals surface area contributed by atoms with E-state index in [1.165, 1.54) is 0 Å². The van der Waals surface area contributed by atoms with Gasteiger partial charge in [0.1, 0.15) is 4.99 Å². The fraction of sp³-hybridized carbons (Fsp3) is 0.714. The highest BCUT2D eigenvalue weighted by Crippen LogP contribution is 2.55. The second kappa shape index (κ2) is 8.65. The topological polar surface area (TPSA) is 38.2 Å². The Kier molecular flexibility index (Phi) is 7.77. The van der Waals surface area contributed by atoms with Gasteiger partial charge in [-0.1, -0.05) is 23.6 Å². The molecule has 1 heterocycles. The summed E-state index contributed by atoms with van der Waals surface area (Å²) in [7, 11) is 10.3. The van der Waals surface area contributed by atoms with Gasteiger partial charge in [0.15, 0.2) is 12.6 Å². The van der Waals surface area contributed by atoms with Gasteiger partial charge in [0.05, 0.1) is 11.1 Å². The minimum Gasteiger partial charge on any atom is -0.349 e. The van der Waals surface area contributed by atoms with E-state index in [4.69, 9.17) is 17.0 Å². The number of nitrogens with zero attached hydrogens (tertiary/aromatic N) is 6. The maximum atomic E-state index is 5.63. The Bertz CT molecular complexity index is 549. The fourth-order valence-corrected chi connectivity index (χ4v) is 7.05. The molecule has 1 aromatic rings. The molecule has 1 rings (SSSR count). The smallest absolute Gasteiger partial charge is 0.185 e. The number of hydrogen-bond acceptors (Lipinski definition) is 4. The van der Waals surface area contributed by atoms with Gasteiger partial charge in [-0.05, 0) is 56.1 Å². The van der Waals surface area contributed by atoms with E-state index in [1.807, 2.05) is 48.5 Å². The molecule has 0 aliphatic rings.